The van der Waals surface area contributed by atoms with Crippen LogP contribution in [-0.4, -0.2) is 47.9 Å². The first-order chi connectivity index (χ1) is 20.3. The molecule has 3 N–H and O–H groups in total. The number of rotatable bonds is 10. The maximum atomic E-state index is 13.6. The van der Waals surface area contributed by atoms with E-state index < -0.39 is 41.6 Å². The number of aliphatic carboxylic acids is 1. The number of fused-ring (bicyclic) bond motifs is 3. The average Bonchev–Trinajstić information content (AvgIpc) is 3.32. The standard InChI is InChI=1S/C34H38N2O6/c1-22(41-20-23-12-4-3-5-13-23)30(31(37)35-29-18-10-11-19-34(29,2)32(38)39)36-33(40)42-21-28-26-16-8-6-14-24(26)25-15-7-9-17-27(25)28/h3-9,12-17,22,28-30H,10-11,18-21H2,1-2H3,(H,35,37)(H,36,40)(H,38,39). The van der Waals surface area contributed by atoms with Gasteiger partial charge in [-0.2, -0.15) is 0 Å². The molecule has 2 amide bonds. The van der Waals surface area contributed by atoms with Gasteiger partial charge in [-0.25, -0.2) is 4.79 Å². The Hall–Kier alpha value is -4.17. The van der Waals surface area contributed by atoms with Crippen molar-refractivity contribution < 1.29 is 29.0 Å². The number of carboxylic acids is 1. The van der Waals surface area contributed by atoms with Gasteiger partial charge in [-0.05, 0) is 54.5 Å². The number of benzene rings is 3. The van der Waals surface area contributed by atoms with E-state index >= 15 is 0 Å². The second kappa shape index (κ2) is 12.8. The molecule has 2 aliphatic rings. The molecule has 8 nitrogen and oxygen atoms in total. The van der Waals surface area contributed by atoms with Gasteiger partial charge in [0, 0.05) is 12.0 Å². The van der Waals surface area contributed by atoms with Crippen LogP contribution >= 0.6 is 0 Å². The number of hydrogen-bond donors (Lipinski definition) is 3. The van der Waals surface area contributed by atoms with Crippen molar-refractivity contribution in [2.24, 2.45) is 5.41 Å². The zero-order valence-electron chi connectivity index (χ0n) is 24.0. The van der Waals surface area contributed by atoms with Crippen LogP contribution in [-0.2, 0) is 25.7 Å². The molecule has 0 spiro atoms. The number of carboxylic acid groups (broad SMARTS) is 1. The lowest BCUT2D eigenvalue weighted by Crippen LogP contribution is -2.59. The minimum absolute atomic E-state index is 0.104. The quantitative estimate of drug-likeness (QED) is 0.290. The molecule has 8 heteroatoms. The fourth-order valence-electron chi connectivity index (χ4n) is 6.14. The average molecular weight is 571 g/mol. The summed E-state index contributed by atoms with van der Waals surface area (Å²) >= 11 is 0. The fraction of sp³-hybridized carbons (Fsp3) is 0.382. The maximum absolute atomic E-state index is 13.6. The summed E-state index contributed by atoms with van der Waals surface area (Å²) in [6.45, 7) is 3.73. The molecule has 1 saturated carbocycles. The first kappa shape index (κ1) is 29.3. The lowest BCUT2D eigenvalue weighted by Gasteiger charge is -2.39. The number of hydrogen-bond acceptors (Lipinski definition) is 5. The molecular formula is C34H38N2O6. The third-order valence-electron chi connectivity index (χ3n) is 8.74. The number of nitrogens with one attached hydrogen (secondary N) is 2. The minimum atomic E-state index is -1.09. The monoisotopic (exact) mass is 570 g/mol. The van der Waals surface area contributed by atoms with Crippen molar-refractivity contribution >= 4 is 18.0 Å². The molecule has 0 aromatic heterocycles. The molecule has 0 heterocycles. The van der Waals surface area contributed by atoms with Crippen molar-refractivity contribution in [1.82, 2.24) is 10.6 Å². The molecule has 0 radical (unpaired) electrons. The first-order valence-corrected chi connectivity index (χ1v) is 14.6. The molecule has 0 aliphatic heterocycles. The van der Waals surface area contributed by atoms with Gasteiger partial charge in [-0.1, -0.05) is 91.7 Å². The Labute approximate surface area is 246 Å². The Morgan fingerprint density at radius 2 is 1.55 bits per heavy atom. The van der Waals surface area contributed by atoms with Crippen LogP contribution in [0.5, 0.6) is 0 Å². The van der Waals surface area contributed by atoms with Crippen LogP contribution in [0.3, 0.4) is 0 Å². The van der Waals surface area contributed by atoms with Crippen LogP contribution < -0.4 is 10.6 Å². The summed E-state index contributed by atoms with van der Waals surface area (Å²) < 4.78 is 11.7. The molecule has 0 bridgehead atoms. The molecule has 0 saturated heterocycles. The van der Waals surface area contributed by atoms with Crippen LogP contribution in [0.25, 0.3) is 11.1 Å². The first-order valence-electron chi connectivity index (χ1n) is 14.6. The normalized spacial score (nSPS) is 21.0. The maximum Gasteiger partial charge on any atom is 0.407 e. The van der Waals surface area contributed by atoms with Gasteiger partial charge in [0.25, 0.3) is 0 Å². The van der Waals surface area contributed by atoms with E-state index in [4.69, 9.17) is 9.47 Å². The second-order valence-corrected chi connectivity index (χ2v) is 11.5. The van der Waals surface area contributed by atoms with Crippen molar-refractivity contribution in [3.05, 3.63) is 95.6 Å². The fourth-order valence-corrected chi connectivity index (χ4v) is 6.14. The molecule has 1 fully saturated rings. The Kier molecular flexibility index (Phi) is 8.92. The van der Waals surface area contributed by atoms with Crippen LogP contribution in [0.15, 0.2) is 78.9 Å². The van der Waals surface area contributed by atoms with Gasteiger partial charge < -0.3 is 25.2 Å². The van der Waals surface area contributed by atoms with Gasteiger partial charge in [0.05, 0.1) is 18.1 Å². The van der Waals surface area contributed by atoms with Gasteiger partial charge in [0.1, 0.15) is 12.6 Å². The molecule has 4 atom stereocenters. The largest absolute Gasteiger partial charge is 0.481 e. The highest BCUT2D eigenvalue weighted by Crippen LogP contribution is 2.44. The van der Waals surface area contributed by atoms with E-state index in [1.54, 1.807) is 13.8 Å². The van der Waals surface area contributed by atoms with Gasteiger partial charge in [-0.3, -0.25) is 9.59 Å². The van der Waals surface area contributed by atoms with Crippen molar-refractivity contribution in [2.45, 2.75) is 70.2 Å². The minimum Gasteiger partial charge on any atom is -0.481 e. The summed E-state index contributed by atoms with van der Waals surface area (Å²) in [6, 6.07) is 24.0. The zero-order valence-corrected chi connectivity index (χ0v) is 24.0. The highest BCUT2D eigenvalue weighted by Gasteiger charge is 2.45. The predicted molar refractivity (Wildman–Crippen MR) is 159 cm³/mol. The summed E-state index contributed by atoms with van der Waals surface area (Å²) in [5, 5.41) is 15.6. The topological polar surface area (TPSA) is 114 Å². The van der Waals surface area contributed by atoms with Crippen LogP contribution in [0.2, 0.25) is 0 Å². The number of amides is 2. The molecule has 3 aromatic rings. The summed E-state index contributed by atoms with van der Waals surface area (Å²) in [5.41, 5.74) is 4.26. The van der Waals surface area contributed by atoms with Gasteiger partial charge in [0.15, 0.2) is 0 Å². The summed E-state index contributed by atoms with van der Waals surface area (Å²) in [7, 11) is 0. The van der Waals surface area contributed by atoms with E-state index in [9.17, 15) is 19.5 Å². The number of carbonyl (C=O) groups is 3. The summed E-state index contributed by atoms with van der Waals surface area (Å²) in [6.07, 6.45) is 1.16. The Balaban J connectivity index is 1.29. The Morgan fingerprint density at radius 1 is 0.929 bits per heavy atom. The van der Waals surface area contributed by atoms with Crippen LogP contribution in [0.4, 0.5) is 4.79 Å². The highest BCUT2D eigenvalue weighted by molar-refractivity contribution is 5.87. The van der Waals surface area contributed by atoms with Crippen molar-refractivity contribution in [1.29, 1.82) is 0 Å². The number of ether oxygens (including phenoxy) is 2. The van der Waals surface area contributed by atoms with Crippen molar-refractivity contribution in [3.8, 4) is 11.1 Å². The molecule has 220 valence electrons. The second-order valence-electron chi connectivity index (χ2n) is 11.5. The third kappa shape index (κ3) is 6.19. The van der Waals surface area contributed by atoms with Crippen molar-refractivity contribution in [2.75, 3.05) is 6.61 Å². The smallest absolute Gasteiger partial charge is 0.407 e. The lowest BCUT2D eigenvalue weighted by atomic mass is 9.71. The van der Waals surface area contributed by atoms with E-state index in [-0.39, 0.29) is 19.1 Å². The Morgan fingerprint density at radius 3 is 2.19 bits per heavy atom. The van der Waals surface area contributed by atoms with E-state index in [1.807, 2.05) is 66.7 Å². The highest BCUT2D eigenvalue weighted by atomic mass is 16.5. The molecule has 3 aromatic carbocycles. The van der Waals surface area contributed by atoms with E-state index in [1.165, 1.54) is 0 Å². The molecule has 5 rings (SSSR count). The molecule has 4 unspecified atom stereocenters. The van der Waals surface area contributed by atoms with Crippen LogP contribution in [0, 0.1) is 5.41 Å². The third-order valence-corrected chi connectivity index (χ3v) is 8.74. The molecule has 2 aliphatic carbocycles. The SMILES string of the molecule is CC(OCc1ccccc1)C(NC(=O)OCC1c2ccccc2-c2ccccc21)C(=O)NC1CCCCC1(C)C(=O)O. The van der Waals surface area contributed by atoms with Gasteiger partial charge in [-0.15, -0.1) is 0 Å². The molecule has 42 heavy (non-hydrogen) atoms. The van der Waals surface area contributed by atoms with Gasteiger partial charge >= 0.3 is 12.1 Å². The molecular weight excluding hydrogens is 532 g/mol. The van der Waals surface area contributed by atoms with E-state index in [0.29, 0.717) is 12.8 Å². The zero-order chi connectivity index (χ0) is 29.7. The number of carbonyl (C=O) groups excluding carboxylic acids is 2. The van der Waals surface area contributed by atoms with Crippen molar-refractivity contribution in [3.63, 3.8) is 0 Å². The number of alkyl carbamates (subject to hydrolysis) is 1. The lowest BCUT2D eigenvalue weighted by molar-refractivity contribution is -0.152. The summed E-state index contributed by atoms with van der Waals surface area (Å²) in [4.78, 5) is 39.0. The van der Waals surface area contributed by atoms with E-state index in [2.05, 4.69) is 22.8 Å². The van der Waals surface area contributed by atoms with Crippen LogP contribution in [0.1, 0.15) is 62.1 Å². The summed E-state index contributed by atoms with van der Waals surface area (Å²) in [5.74, 6) is -1.56. The Bertz CT molecular complexity index is 1380. The van der Waals surface area contributed by atoms with Gasteiger partial charge in [0.2, 0.25) is 5.91 Å². The van der Waals surface area contributed by atoms with E-state index in [0.717, 1.165) is 40.7 Å². The predicted octanol–water partition coefficient (Wildman–Crippen LogP) is 5.65.